The van der Waals surface area contributed by atoms with Gasteiger partial charge in [-0.05, 0) is 25.0 Å². The van der Waals surface area contributed by atoms with Crippen LogP contribution in [0.4, 0.5) is 5.13 Å². The van der Waals surface area contributed by atoms with E-state index in [2.05, 4.69) is 29.4 Å². The van der Waals surface area contributed by atoms with Crippen molar-refractivity contribution in [3.05, 3.63) is 39.8 Å². The first-order valence-electron chi connectivity index (χ1n) is 8.32. The molecule has 0 saturated heterocycles. The van der Waals surface area contributed by atoms with Crippen LogP contribution in [0.15, 0.2) is 29.1 Å². The largest absolute Gasteiger partial charge is 0.329 e. The van der Waals surface area contributed by atoms with E-state index < -0.39 is 0 Å². The fourth-order valence-corrected chi connectivity index (χ4v) is 3.93. The molecule has 7 nitrogen and oxygen atoms in total. The Morgan fingerprint density at radius 1 is 1.20 bits per heavy atom. The molecule has 0 aliphatic rings. The average molecular weight is 359 g/mol. The molecular weight excluding hydrogens is 338 g/mol. The third kappa shape index (κ3) is 3.34. The van der Waals surface area contributed by atoms with Crippen LogP contribution in [0.25, 0.3) is 11.0 Å². The van der Waals surface area contributed by atoms with Crippen LogP contribution in [0, 0.1) is 0 Å². The maximum Gasteiger partial charge on any atom is 0.329 e. The standard InChI is InChI=1S/C17H21N5O2S/c1-4-11(5-2)15-19-20-16(25-15)18-14(23)10-22-13-9-7-6-8-12(13)21(3)17(22)24/h6-9,11H,4-5,10H2,1-3H3,(H,18,20,23). The van der Waals surface area contributed by atoms with Crippen LogP contribution >= 0.6 is 11.3 Å². The molecule has 3 rings (SSSR count). The number of hydrogen-bond acceptors (Lipinski definition) is 5. The summed E-state index contributed by atoms with van der Waals surface area (Å²) in [6.45, 7) is 4.17. The van der Waals surface area contributed by atoms with E-state index >= 15 is 0 Å². The first-order chi connectivity index (χ1) is 12.0. The molecule has 0 aliphatic carbocycles. The van der Waals surface area contributed by atoms with E-state index in [0.717, 1.165) is 28.9 Å². The molecule has 1 amide bonds. The fraction of sp³-hybridized carbons (Fsp3) is 0.412. The number of carbonyl (C=O) groups is 1. The molecule has 0 fully saturated rings. The Kier molecular flexibility index (Phi) is 4.98. The molecule has 1 aromatic carbocycles. The van der Waals surface area contributed by atoms with Gasteiger partial charge in [-0.1, -0.05) is 37.3 Å². The molecule has 0 unspecified atom stereocenters. The van der Waals surface area contributed by atoms with Crippen LogP contribution in [-0.2, 0) is 18.4 Å². The Hall–Kier alpha value is -2.48. The predicted octanol–water partition coefficient (Wildman–Crippen LogP) is 2.73. The SMILES string of the molecule is CCC(CC)c1nnc(NC(=O)Cn2c(=O)n(C)c3ccccc32)s1. The number of rotatable bonds is 6. The maximum atomic E-state index is 12.4. The lowest BCUT2D eigenvalue weighted by atomic mass is 10.1. The Morgan fingerprint density at radius 2 is 1.88 bits per heavy atom. The van der Waals surface area contributed by atoms with E-state index in [0.29, 0.717) is 11.0 Å². The number of nitrogens with one attached hydrogen (secondary N) is 1. The van der Waals surface area contributed by atoms with E-state index in [1.807, 2.05) is 24.3 Å². The third-order valence-electron chi connectivity index (χ3n) is 4.38. The number of aromatic nitrogens is 4. The van der Waals surface area contributed by atoms with Gasteiger partial charge < -0.3 is 0 Å². The molecule has 132 valence electrons. The van der Waals surface area contributed by atoms with Crippen molar-refractivity contribution in [2.75, 3.05) is 5.32 Å². The van der Waals surface area contributed by atoms with Gasteiger partial charge in [-0.25, -0.2) is 4.79 Å². The number of anilines is 1. The Bertz CT molecular complexity index is 952. The molecule has 0 atom stereocenters. The Balaban J connectivity index is 1.78. The number of nitrogens with zero attached hydrogens (tertiary/aromatic N) is 4. The number of amides is 1. The van der Waals surface area contributed by atoms with Crippen LogP contribution in [-0.4, -0.2) is 25.2 Å². The highest BCUT2D eigenvalue weighted by Gasteiger charge is 2.16. The van der Waals surface area contributed by atoms with Crippen molar-refractivity contribution in [1.29, 1.82) is 0 Å². The summed E-state index contributed by atoms with van der Waals surface area (Å²) in [4.78, 5) is 24.7. The first-order valence-corrected chi connectivity index (χ1v) is 9.14. The van der Waals surface area contributed by atoms with Crippen molar-refractivity contribution in [2.45, 2.75) is 39.2 Å². The van der Waals surface area contributed by atoms with Crippen LogP contribution < -0.4 is 11.0 Å². The number of benzene rings is 1. The molecule has 25 heavy (non-hydrogen) atoms. The van der Waals surface area contributed by atoms with Crippen LogP contribution in [0.5, 0.6) is 0 Å². The summed E-state index contributed by atoms with van der Waals surface area (Å²) in [5.74, 6) is 0.0783. The molecule has 0 saturated carbocycles. The van der Waals surface area contributed by atoms with Crippen LogP contribution in [0.1, 0.15) is 37.6 Å². The van der Waals surface area contributed by atoms with E-state index in [1.54, 1.807) is 11.6 Å². The predicted molar refractivity (Wildman–Crippen MR) is 99.0 cm³/mol. The first kappa shape index (κ1) is 17.3. The second-order valence-corrected chi connectivity index (χ2v) is 6.93. The molecule has 2 heterocycles. The normalized spacial score (nSPS) is 11.4. The van der Waals surface area contributed by atoms with Gasteiger partial charge in [0.15, 0.2) is 0 Å². The third-order valence-corrected chi connectivity index (χ3v) is 5.38. The zero-order valence-electron chi connectivity index (χ0n) is 14.5. The van der Waals surface area contributed by atoms with Gasteiger partial charge in [0.05, 0.1) is 11.0 Å². The maximum absolute atomic E-state index is 12.4. The number of imidazole rings is 1. The lowest BCUT2D eigenvalue weighted by molar-refractivity contribution is -0.116. The summed E-state index contributed by atoms with van der Waals surface area (Å²) in [5, 5.41) is 12.4. The summed E-state index contributed by atoms with van der Waals surface area (Å²) >= 11 is 1.40. The van der Waals surface area contributed by atoms with Crippen molar-refractivity contribution in [1.82, 2.24) is 19.3 Å². The van der Waals surface area contributed by atoms with Gasteiger partial charge in [-0.15, -0.1) is 10.2 Å². The smallest absolute Gasteiger partial charge is 0.299 e. The Labute approximate surface area is 149 Å². The summed E-state index contributed by atoms with van der Waals surface area (Å²) in [5.41, 5.74) is 1.32. The zero-order chi connectivity index (χ0) is 18.0. The molecule has 8 heteroatoms. The number of fused-ring (bicyclic) bond motifs is 1. The van der Waals surface area contributed by atoms with Gasteiger partial charge in [0.2, 0.25) is 11.0 Å². The monoisotopic (exact) mass is 359 g/mol. The van der Waals surface area contributed by atoms with E-state index in [4.69, 9.17) is 0 Å². The quantitative estimate of drug-likeness (QED) is 0.734. The van der Waals surface area contributed by atoms with E-state index in [1.165, 1.54) is 15.9 Å². The van der Waals surface area contributed by atoms with Crippen LogP contribution in [0.2, 0.25) is 0 Å². The number of para-hydroxylation sites is 2. The highest BCUT2D eigenvalue weighted by atomic mass is 32.1. The van der Waals surface area contributed by atoms with Gasteiger partial charge in [-0.3, -0.25) is 19.2 Å². The number of aryl methyl sites for hydroxylation is 1. The molecule has 0 aliphatic heterocycles. The van der Waals surface area contributed by atoms with E-state index in [-0.39, 0.29) is 18.1 Å². The minimum atomic E-state index is -0.286. The molecule has 0 radical (unpaired) electrons. The molecule has 0 bridgehead atoms. The zero-order valence-corrected chi connectivity index (χ0v) is 15.3. The van der Waals surface area contributed by atoms with Gasteiger partial charge in [0, 0.05) is 13.0 Å². The molecule has 3 aromatic rings. The molecule has 0 spiro atoms. The second kappa shape index (κ2) is 7.18. The molecule has 2 aromatic heterocycles. The summed E-state index contributed by atoms with van der Waals surface area (Å²) in [6.07, 6.45) is 1.98. The van der Waals surface area contributed by atoms with Gasteiger partial charge in [0.25, 0.3) is 0 Å². The van der Waals surface area contributed by atoms with Crippen molar-refractivity contribution in [3.63, 3.8) is 0 Å². The lowest BCUT2D eigenvalue weighted by Crippen LogP contribution is -2.28. The average Bonchev–Trinajstić information content (AvgIpc) is 3.16. The highest BCUT2D eigenvalue weighted by Crippen LogP contribution is 2.28. The topological polar surface area (TPSA) is 81.8 Å². The molecular formula is C17H21N5O2S. The summed E-state index contributed by atoms with van der Waals surface area (Å²) in [7, 11) is 1.70. The van der Waals surface area contributed by atoms with Crippen molar-refractivity contribution >= 4 is 33.4 Å². The highest BCUT2D eigenvalue weighted by molar-refractivity contribution is 7.15. The fourth-order valence-electron chi connectivity index (χ4n) is 2.91. The van der Waals surface area contributed by atoms with Crippen molar-refractivity contribution in [3.8, 4) is 0 Å². The summed E-state index contributed by atoms with van der Waals surface area (Å²) < 4.78 is 3.01. The minimum Gasteiger partial charge on any atom is -0.299 e. The van der Waals surface area contributed by atoms with E-state index in [9.17, 15) is 9.59 Å². The Morgan fingerprint density at radius 3 is 2.56 bits per heavy atom. The van der Waals surface area contributed by atoms with Gasteiger partial charge in [-0.2, -0.15) is 0 Å². The van der Waals surface area contributed by atoms with Gasteiger partial charge >= 0.3 is 5.69 Å². The summed E-state index contributed by atoms with van der Waals surface area (Å²) in [6, 6.07) is 7.41. The molecule has 1 N–H and O–H groups in total. The number of carbonyl (C=O) groups excluding carboxylic acids is 1. The minimum absolute atomic E-state index is 0.0555. The second-order valence-electron chi connectivity index (χ2n) is 5.92. The van der Waals surface area contributed by atoms with Crippen LogP contribution in [0.3, 0.4) is 0 Å². The lowest BCUT2D eigenvalue weighted by Gasteiger charge is -2.06. The van der Waals surface area contributed by atoms with Crippen molar-refractivity contribution in [2.24, 2.45) is 7.05 Å². The number of hydrogen-bond donors (Lipinski definition) is 1. The van der Waals surface area contributed by atoms with Gasteiger partial charge in [0.1, 0.15) is 11.6 Å². The van der Waals surface area contributed by atoms with Crippen molar-refractivity contribution < 1.29 is 4.79 Å².